The average molecular weight is 305 g/mol. The molecule has 0 bridgehead atoms. The maximum atomic E-state index is 12.2. The first-order valence-corrected chi connectivity index (χ1v) is 6.88. The summed E-state index contributed by atoms with van der Waals surface area (Å²) in [5.41, 5.74) is -0.306. The van der Waals surface area contributed by atoms with E-state index >= 15 is 0 Å². The van der Waals surface area contributed by atoms with Gasteiger partial charge in [0.25, 0.3) is 5.91 Å². The molecule has 22 heavy (non-hydrogen) atoms. The molecule has 7 heteroatoms. The fourth-order valence-electron chi connectivity index (χ4n) is 2.15. The number of methoxy groups -OCH3 is 2. The molecule has 0 aliphatic carbocycles. The number of urea groups is 1. The fraction of sp³-hybridized carbons (Fsp3) is 0.400. The van der Waals surface area contributed by atoms with Crippen molar-refractivity contribution in [2.45, 2.75) is 25.8 Å². The van der Waals surface area contributed by atoms with Gasteiger partial charge in [0.2, 0.25) is 0 Å². The lowest BCUT2D eigenvalue weighted by Crippen LogP contribution is -2.42. The van der Waals surface area contributed by atoms with E-state index < -0.39 is 11.6 Å². The molecule has 1 saturated heterocycles. The molecule has 1 heterocycles. The van der Waals surface area contributed by atoms with Gasteiger partial charge in [0.1, 0.15) is 5.54 Å². The van der Waals surface area contributed by atoms with Gasteiger partial charge >= 0.3 is 6.03 Å². The predicted molar refractivity (Wildman–Crippen MR) is 81.2 cm³/mol. The SMILES string of the molecule is CCC1(C)NC(=O)N(/N=C/c2cccc(OC)c2OC)C1=O. The first kappa shape index (κ1) is 15.8. The molecule has 1 aromatic carbocycles. The van der Waals surface area contributed by atoms with Crippen molar-refractivity contribution in [3.63, 3.8) is 0 Å². The van der Waals surface area contributed by atoms with Crippen molar-refractivity contribution >= 4 is 18.2 Å². The highest BCUT2D eigenvalue weighted by atomic mass is 16.5. The highest BCUT2D eigenvalue weighted by Gasteiger charge is 2.46. The molecule has 0 saturated carbocycles. The summed E-state index contributed by atoms with van der Waals surface area (Å²) in [6, 6.07) is 4.73. The summed E-state index contributed by atoms with van der Waals surface area (Å²) in [7, 11) is 3.04. The Labute approximate surface area is 128 Å². The van der Waals surface area contributed by atoms with Gasteiger partial charge in [-0.05, 0) is 25.5 Å². The number of amides is 3. The molecule has 1 aliphatic heterocycles. The molecule has 1 atom stereocenters. The van der Waals surface area contributed by atoms with Crippen LogP contribution in [0.3, 0.4) is 0 Å². The number of nitrogens with one attached hydrogen (secondary N) is 1. The summed E-state index contributed by atoms with van der Waals surface area (Å²) in [5.74, 6) is 0.652. The maximum absolute atomic E-state index is 12.2. The Bertz CT molecular complexity index is 629. The van der Waals surface area contributed by atoms with Crippen LogP contribution in [0, 0.1) is 0 Å². The predicted octanol–water partition coefficient (Wildman–Crippen LogP) is 1.76. The largest absolute Gasteiger partial charge is 0.493 e. The van der Waals surface area contributed by atoms with Crippen LogP contribution in [0.25, 0.3) is 0 Å². The molecule has 0 radical (unpaired) electrons. The molecule has 2 rings (SSSR count). The number of nitrogens with zero attached hydrogens (tertiary/aromatic N) is 2. The standard InChI is InChI=1S/C15H19N3O4/c1-5-15(2)13(19)18(14(20)17-15)16-9-10-7-6-8-11(21-3)12(10)22-4/h6-9H,5H2,1-4H3,(H,17,20)/b16-9+. The zero-order valence-electron chi connectivity index (χ0n) is 13.0. The number of carbonyl (C=O) groups excluding carboxylic acids is 2. The van der Waals surface area contributed by atoms with Crippen molar-refractivity contribution in [3.8, 4) is 11.5 Å². The van der Waals surface area contributed by atoms with E-state index in [1.54, 1.807) is 25.1 Å². The lowest BCUT2D eigenvalue weighted by atomic mass is 10.00. The fourth-order valence-corrected chi connectivity index (χ4v) is 2.15. The minimum atomic E-state index is -0.910. The van der Waals surface area contributed by atoms with Crippen LogP contribution in [-0.4, -0.2) is 42.9 Å². The number of rotatable bonds is 5. The van der Waals surface area contributed by atoms with Gasteiger partial charge in [0, 0.05) is 5.56 Å². The minimum absolute atomic E-state index is 0.377. The van der Waals surface area contributed by atoms with Crippen LogP contribution in [0.5, 0.6) is 11.5 Å². The number of hydrogen-bond donors (Lipinski definition) is 1. The molecular formula is C15H19N3O4. The van der Waals surface area contributed by atoms with Gasteiger partial charge < -0.3 is 14.8 Å². The Morgan fingerprint density at radius 1 is 1.32 bits per heavy atom. The van der Waals surface area contributed by atoms with Crippen molar-refractivity contribution in [2.24, 2.45) is 5.10 Å². The smallest absolute Gasteiger partial charge is 0.346 e. The number of ether oxygens (including phenoxy) is 2. The van der Waals surface area contributed by atoms with E-state index in [0.717, 1.165) is 5.01 Å². The van der Waals surface area contributed by atoms with E-state index in [1.807, 2.05) is 6.92 Å². The number of hydrogen-bond acceptors (Lipinski definition) is 5. The molecule has 1 fully saturated rings. The summed E-state index contributed by atoms with van der Waals surface area (Å²) in [5, 5.41) is 7.46. The molecule has 118 valence electrons. The molecule has 1 aliphatic rings. The first-order chi connectivity index (χ1) is 10.5. The van der Waals surface area contributed by atoms with E-state index in [-0.39, 0.29) is 5.91 Å². The van der Waals surface area contributed by atoms with Gasteiger partial charge in [-0.2, -0.15) is 5.10 Å². The zero-order chi connectivity index (χ0) is 16.3. The van der Waals surface area contributed by atoms with Crippen molar-refractivity contribution in [1.82, 2.24) is 10.3 Å². The third-order valence-electron chi connectivity index (χ3n) is 3.69. The second-order valence-corrected chi connectivity index (χ2v) is 5.06. The summed E-state index contributed by atoms with van der Waals surface area (Å²) in [4.78, 5) is 24.1. The van der Waals surface area contributed by atoms with Crippen LogP contribution in [0.15, 0.2) is 23.3 Å². The van der Waals surface area contributed by atoms with Gasteiger partial charge in [0.15, 0.2) is 11.5 Å². The molecule has 0 spiro atoms. The monoisotopic (exact) mass is 305 g/mol. The summed E-state index contributed by atoms with van der Waals surface area (Å²) in [6.45, 7) is 3.51. The van der Waals surface area contributed by atoms with Crippen LogP contribution >= 0.6 is 0 Å². The third-order valence-corrected chi connectivity index (χ3v) is 3.69. The summed E-state index contributed by atoms with van der Waals surface area (Å²) < 4.78 is 10.5. The average Bonchev–Trinajstić information content (AvgIpc) is 2.75. The normalized spacial score (nSPS) is 21.4. The van der Waals surface area contributed by atoms with Crippen molar-refractivity contribution in [3.05, 3.63) is 23.8 Å². The first-order valence-electron chi connectivity index (χ1n) is 6.88. The lowest BCUT2D eigenvalue weighted by Gasteiger charge is -2.17. The molecule has 1 aromatic rings. The maximum Gasteiger partial charge on any atom is 0.346 e. The number of hydrazone groups is 1. The van der Waals surface area contributed by atoms with E-state index in [1.165, 1.54) is 20.4 Å². The Hall–Kier alpha value is -2.57. The van der Waals surface area contributed by atoms with Gasteiger partial charge in [0.05, 0.1) is 20.4 Å². The second-order valence-electron chi connectivity index (χ2n) is 5.06. The lowest BCUT2D eigenvalue weighted by molar-refractivity contribution is -0.130. The summed E-state index contributed by atoms with van der Waals surface area (Å²) in [6.07, 6.45) is 1.90. The topological polar surface area (TPSA) is 80.2 Å². The zero-order valence-corrected chi connectivity index (χ0v) is 13.0. The number of imide groups is 1. The van der Waals surface area contributed by atoms with E-state index in [0.29, 0.717) is 23.5 Å². The molecule has 0 aromatic heterocycles. The molecule has 1 N–H and O–H groups in total. The Balaban J connectivity index is 2.30. The third kappa shape index (κ3) is 2.61. The molecule has 1 unspecified atom stereocenters. The van der Waals surface area contributed by atoms with E-state index in [2.05, 4.69) is 10.4 Å². The quantitative estimate of drug-likeness (QED) is 0.664. The van der Waals surface area contributed by atoms with Gasteiger partial charge in [-0.1, -0.05) is 13.0 Å². The van der Waals surface area contributed by atoms with Gasteiger partial charge in [-0.3, -0.25) is 4.79 Å². The Kier molecular flexibility index (Phi) is 4.35. The number of benzene rings is 1. The number of para-hydroxylation sites is 1. The molecule has 7 nitrogen and oxygen atoms in total. The van der Waals surface area contributed by atoms with Crippen molar-refractivity contribution in [1.29, 1.82) is 0 Å². The Morgan fingerprint density at radius 2 is 2.05 bits per heavy atom. The minimum Gasteiger partial charge on any atom is -0.493 e. The van der Waals surface area contributed by atoms with Crippen LogP contribution in [0.2, 0.25) is 0 Å². The van der Waals surface area contributed by atoms with Crippen molar-refractivity contribution in [2.75, 3.05) is 14.2 Å². The summed E-state index contributed by atoms with van der Waals surface area (Å²) >= 11 is 0. The van der Waals surface area contributed by atoms with Crippen LogP contribution < -0.4 is 14.8 Å². The second kappa shape index (κ2) is 6.05. The Morgan fingerprint density at radius 3 is 2.59 bits per heavy atom. The van der Waals surface area contributed by atoms with E-state index in [9.17, 15) is 9.59 Å². The van der Waals surface area contributed by atoms with Crippen LogP contribution in [0.4, 0.5) is 4.79 Å². The van der Waals surface area contributed by atoms with Crippen molar-refractivity contribution < 1.29 is 19.1 Å². The van der Waals surface area contributed by atoms with Crippen LogP contribution in [0.1, 0.15) is 25.8 Å². The highest BCUT2D eigenvalue weighted by Crippen LogP contribution is 2.29. The van der Waals surface area contributed by atoms with Crippen LogP contribution in [-0.2, 0) is 4.79 Å². The van der Waals surface area contributed by atoms with Gasteiger partial charge in [-0.15, -0.1) is 5.01 Å². The molecular weight excluding hydrogens is 286 g/mol. The molecule has 3 amide bonds. The van der Waals surface area contributed by atoms with E-state index in [4.69, 9.17) is 9.47 Å². The number of carbonyl (C=O) groups is 2. The van der Waals surface area contributed by atoms with Gasteiger partial charge in [-0.25, -0.2) is 4.79 Å². The highest BCUT2D eigenvalue weighted by molar-refractivity contribution is 6.07.